The molecule has 1 unspecified atom stereocenters. The van der Waals surface area contributed by atoms with Gasteiger partial charge in [-0.2, -0.15) is 0 Å². The van der Waals surface area contributed by atoms with Crippen LogP contribution in [0, 0.1) is 10.1 Å². The second-order valence-corrected chi connectivity index (χ2v) is 5.07. The van der Waals surface area contributed by atoms with Crippen molar-refractivity contribution < 1.29 is 14.5 Å². The van der Waals surface area contributed by atoms with Gasteiger partial charge in [-0.05, 0) is 17.7 Å². The molecule has 1 rings (SSSR count). The Morgan fingerprint density at radius 3 is 2.74 bits per heavy atom. The summed E-state index contributed by atoms with van der Waals surface area (Å²) in [7, 11) is 1.27. The fraction of sp³-hybridized carbons (Fsp3) is 0.462. The van der Waals surface area contributed by atoms with E-state index in [1.807, 2.05) is 0 Å². The van der Waals surface area contributed by atoms with E-state index >= 15 is 0 Å². The second kappa shape index (κ2) is 6.52. The summed E-state index contributed by atoms with van der Waals surface area (Å²) >= 11 is 5.86. The van der Waals surface area contributed by atoms with Crippen LogP contribution in [0.25, 0.3) is 0 Å². The number of nitro groups is 1. The zero-order valence-electron chi connectivity index (χ0n) is 10.9. The number of ether oxygens (including phenoxy) is 1. The Bertz CT molecular complexity index is 477. The molecule has 19 heavy (non-hydrogen) atoms. The van der Waals surface area contributed by atoms with Crippen molar-refractivity contribution in [3.05, 3.63) is 45.0 Å². The molecule has 0 aliphatic rings. The van der Waals surface area contributed by atoms with Gasteiger partial charge in [0.1, 0.15) is 0 Å². The third-order valence-electron chi connectivity index (χ3n) is 3.01. The van der Waals surface area contributed by atoms with Crippen molar-refractivity contribution in [2.24, 2.45) is 0 Å². The van der Waals surface area contributed by atoms with Crippen molar-refractivity contribution in [3.8, 4) is 0 Å². The van der Waals surface area contributed by atoms with Gasteiger partial charge in [-0.1, -0.05) is 23.7 Å². The van der Waals surface area contributed by atoms with Crippen LogP contribution in [-0.4, -0.2) is 23.5 Å². The fourth-order valence-corrected chi connectivity index (χ4v) is 2.02. The number of hydrogen-bond acceptors (Lipinski definition) is 4. The lowest BCUT2D eigenvalue weighted by Gasteiger charge is -2.20. The molecule has 0 saturated heterocycles. The molecule has 0 aromatic heterocycles. The van der Waals surface area contributed by atoms with E-state index in [9.17, 15) is 14.9 Å². The Hall–Kier alpha value is -1.62. The van der Waals surface area contributed by atoms with Gasteiger partial charge < -0.3 is 4.74 Å². The molecule has 0 spiro atoms. The zero-order valence-corrected chi connectivity index (χ0v) is 11.6. The van der Waals surface area contributed by atoms with Crippen molar-refractivity contribution in [3.63, 3.8) is 0 Å². The number of esters is 1. The summed E-state index contributed by atoms with van der Waals surface area (Å²) in [6.45, 7) is 1.52. The minimum atomic E-state index is -1.21. The summed E-state index contributed by atoms with van der Waals surface area (Å²) < 4.78 is 4.51. The standard InChI is InChI=1S/C13H16ClNO4/c1-13(15(17)18,7-6-12(16)19-2)9-10-4-3-5-11(14)8-10/h3-5,8H,6-7,9H2,1-2H3. The first-order valence-corrected chi connectivity index (χ1v) is 6.21. The average Bonchev–Trinajstić information content (AvgIpc) is 2.35. The molecule has 0 aliphatic carbocycles. The maximum absolute atomic E-state index is 11.2. The molecular formula is C13H16ClNO4. The number of methoxy groups -OCH3 is 1. The monoisotopic (exact) mass is 285 g/mol. The minimum Gasteiger partial charge on any atom is -0.469 e. The Morgan fingerprint density at radius 2 is 2.21 bits per heavy atom. The molecule has 1 atom stereocenters. The predicted molar refractivity (Wildman–Crippen MR) is 71.8 cm³/mol. The van der Waals surface area contributed by atoms with Crippen molar-refractivity contribution in [2.45, 2.75) is 31.7 Å². The second-order valence-electron chi connectivity index (χ2n) is 4.64. The molecular weight excluding hydrogens is 270 g/mol. The van der Waals surface area contributed by atoms with Crippen LogP contribution in [0.2, 0.25) is 5.02 Å². The van der Waals surface area contributed by atoms with E-state index in [0.717, 1.165) is 5.56 Å². The average molecular weight is 286 g/mol. The lowest BCUT2D eigenvalue weighted by atomic mass is 9.89. The molecule has 0 fully saturated rings. The van der Waals surface area contributed by atoms with Crippen LogP contribution < -0.4 is 0 Å². The summed E-state index contributed by atoms with van der Waals surface area (Å²) in [5.74, 6) is -0.445. The van der Waals surface area contributed by atoms with Gasteiger partial charge in [0.2, 0.25) is 5.54 Å². The number of nitrogens with zero attached hydrogens (tertiary/aromatic N) is 1. The third kappa shape index (κ3) is 4.52. The highest BCUT2D eigenvalue weighted by atomic mass is 35.5. The first kappa shape index (κ1) is 15.4. The van der Waals surface area contributed by atoms with Crippen molar-refractivity contribution in [1.82, 2.24) is 0 Å². The van der Waals surface area contributed by atoms with Crippen LogP contribution in [0.1, 0.15) is 25.3 Å². The van der Waals surface area contributed by atoms with Crippen LogP contribution in [0.5, 0.6) is 0 Å². The number of carbonyl (C=O) groups is 1. The highest BCUT2D eigenvalue weighted by Gasteiger charge is 2.37. The highest BCUT2D eigenvalue weighted by Crippen LogP contribution is 2.24. The molecule has 0 heterocycles. The van der Waals surface area contributed by atoms with Gasteiger partial charge >= 0.3 is 5.97 Å². The van der Waals surface area contributed by atoms with Crippen molar-refractivity contribution in [1.29, 1.82) is 0 Å². The molecule has 0 radical (unpaired) electrons. The van der Waals surface area contributed by atoms with Gasteiger partial charge in [-0.15, -0.1) is 0 Å². The molecule has 5 nitrogen and oxygen atoms in total. The highest BCUT2D eigenvalue weighted by molar-refractivity contribution is 6.30. The van der Waals surface area contributed by atoms with Gasteiger partial charge in [-0.3, -0.25) is 14.9 Å². The molecule has 104 valence electrons. The van der Waals surface area contributed by atoms with Crippen LogP contribution in [0.15, 0.2) is 24.3 Å². The normalized spacial score (nSPS) is 13.6. The maximum atomic E-state index is 11.2. The summed E-state index contributed by atoms with van der Waals surface area (Å²) in [5.41, 5.74) is -0.435. The van der Waals surface area contributed by atoms with Crippen molar-refractivity contribution in [2.75, 3.05) is 7.11 Å². The zero-order chi connectivity index (χ0) is 14.5. The first-order valence-electron chi connectivity index (χ1n) is 5.83. The SMILES string of the molecule is COC(=O)CCC(C)(Cc1cccc(Cl)c1)[N+](=O)[O-]. The minimum absolute atomic E-state index is 0.0224. The van der Waals surface area contributed by atoms with Gasteiger partial charge in [0.25, 0.3) is 0 Å². The van der Waals surface area contributed by atoms with Gasteiger partial charge in [0, 0.05) is 29.7 Å². The molecule has 0 N–H and O–H groups in total. The van der Waals surface area contributed by atoms with Crippen LogP contribution in [0.3, 0.4) is 0 Å². The Kier molecular flexibility index (Phi) is 5.30. The van der Waals surface area contributed by atoms with Crippen LogP contribution in [-0.2, 0) is 16.0 Å². The molecule has 0 bridgehead atoms. The van der Waals surface area contributed by atoms with Gasteiger partial charge in [0.05, 0.1) is 13.5 Å². The third-order valence-corrected chi connectivity index (χ3v) is 3.25. The summed E-state index contributed by atoms with van der Waals surface area (Å²) in [5, 5.41) is 11.8. The molecule has 0 amide bonds. The smallest absolute Gasteiger partial charge is 0.305 e. The van der Waals surface area contributed by atoms with E-state index in [2.05, 4.69) is 4.74 Å². The largest absolute Gasteiger partial charge is 0.469 e. The summed E-state index contributed by atoms with van der Waals surface area (Å²) in [6.07, 6.45) is 0.366. The Morgan fingerprint density at radius 1 is 1.53 bits per heavy atom. The maximum Gasteiger partial charge on any atom is 0.305 e. The lowest BCUT2D eigenvalue weighted by molar-refractivity contribution is -0.566. The molecule has 1 aromatic carbocycles. The van der Waals surface area contributed by atoms with E-state index in [1.165, 1.54) is 14.0 Å². The van der Waals surface area contributed by atoms with E-state index in [0.29, 0.717) is 5.02 Å². The predicted octanol–water partition coefficient (Wildman–Crippen LogP) is 2.87. The molecule has 6 heteroatoms. The van der Waals surface area contributed by atoms with E-state index < -0.39 is 11.5 Å². The molecule has 1 aromatic rings. The number of rotatable bonds is 6. The number of carbonyl (C=O) groups excluding carboxylic acids is 1. The van der Waals surface area contributed by atoms with Crippen molar-refractivity contribution >= 4 is 17.6 Å². The van der Waals surface area contributed by atoms with E-state index in [-0.39, 0.29) is 24.2 Å². The van der Waals surface area contributed by atoms with E-state index in [4.69, 9.17) is 11.6 Å². The fourth-order valence-electron chi connectivity index (χ4n) is 1.80. The quantitative estimate of drug-likeness (QED) is 0.458. The topological polar surface area (TPSA) is 69.4 Å². The van der Waals surface area contributed by atoms with Crippen LogP contribution >= 0.6 is 11.6 Å². The van der Waals surface area contributed by atoms with Crippen LogP contribution in [0.4, 0.5) is 0 Å². The Labute approximate surface area is 116 Å². The number of benzene rings is 1. The number of halogens is 1. The molecule has 0 aliphatic heterocycles. The van der Waals surface area contributed by atoms with Gasteiger partial charge in [-0.25, -0.2) is 0 Å². The summed E-state index contributed by atoms with van der Waals surface area (Å²) in [4.78, 5) is 22.0. The summed E-state index contributed by atoms with van der Waals surface area (Å²) in [6, 6.07) is 6.94. The van der Waals surface area contributed by atoms with Gasteiger partial charge in [0.15, 0.2) is 0 Å². The van der Waals surface area contributed by atoms with E-state index in [1.54, 1.807) is 24.3 Å². The lowest BCUT2D eigenvalue weighted by Crippen LogP contribution is -2.37. The Balaban J connectivity index is 2.82. The first-order chi connectivity index (χ1) is 8.87. The number of hydrogen-bond donors (Lipinski definition) is 0. The molecule has 0 saturated carbocycles.